The molecule has 7 heteroatoms. The van der Waals surface area contributed by atoms with Gasteiger partial charge in [0.1, 0.15) is 5.56 Å². The Labute approximate surface area is 123 Å². The summed E-state index contributed by atoms with van der Waals surface area (Å²) in [7, 11) is 0. The van der Waals surface area contributed by atoms with Crippen LogP contribution in [0.25, 0.3) is 0 Å². The van der Waals surface area contributed by atoms with Gasteiger partial charge in [0.25, 0.3) is 5.91 Å². The second kappa shape index (κ2) is 6.57. The molecule has 22 heavy (non-hydrogen) atoms. The Morgan fingerprint density at radius 2 is 1.59 bits per heavy atom. The molecule has 0 radical (unpaired) electrons. The van der Waals surface area contributed by atoms with Crippen molar-refractivity contribution in [2.24, 2.45) is 0 Å². The van der Waals surface area contributed by atoms with Crippen LogP contribution in [0.4, 0.5) is 17.6 Å². The minimum atomic E-state index is -1.79. The molecule has 0 aromatic heterocycles. The van der Waals surface area contributed by atoms with Crippen molar-refractivity contribution in [3.05, 3.63) is 70.8 Å². The maximum atomic E-state index is 13.5. The zero-order valence-electron chi connectivity index (χ0n) is 11.1. The Hall–Kier alpha value is -2.41. The summed E-state index contributed by atoms with van der Waals surface area (Å²) in [6.45, 7) is -0.559. The summed E-state index contributed by atoms with van der Waals surface area (Å²) in [5.74, 6) is -8.30. The summed E-state index contributed by atoms with van der Waals surface area (Å²) in [4.78, 5) is 11.9. The van der Waals surface area contributed by atoms with Gasteiger partial charge in [0, 0.05) is 6.07 Å². The fourth-order valence-electron chi connectivity index (χ4n) is 1.92. The molecule has 1 amide bonds. The second-order valence-corrected chi connectivity index (χ2v) is 4.46. The van der Waals surface area contributed by atoms with Crippen molar-refractivity contribution in [3.63, 3.8) is 0 Å². The Kier molecular flexibility index (Phi) is 4.77. The number of carbonyl (C=O) groups is 1. The Bertz CT molecular complexity index is 665. The molecule has 3 nitrogen and oxygen atoms in total. The number of hydrogen-bond acceptors (Lipinski definition) is 2. The minimum absolute atomic E-state index is 0.0160. The summed E-state index contributed by atoms with van der Waals surface area (Å²) in [6, 6.07) is 7.14. The van der Waals surface area contributed by atoms with Gasteiger partial charge in [-0.05, 0) is 5.56 Å². The van der Waals surface area contributed by atoms with E-state index in [9.17, 15) is 27.5 Å². The van der Waals surface area contributed by atoms with Crippen molar-refractivity contribution in [1.82, 2.24) is 5.32 Å². The second-order valence-electron chi connectivity index (χ2n) is 4.46. The molecule has 2 aromatic carbocycles. The molecule has 0 saturated carbocycles. The van der Waals surface area contributed by atoms with Gasteiger partial charge in [0.15, 0.2) is 23.3 Å². The molecular weight excluding hydrogens is 302 g/mol. The first-order valence-electron chi connectivity index (χ1n) is 6.25. The van der Waals surface area contributed by atoms with Gasteiger partial charge in [-0.1, -0.05) is 30.3 Å². The first-order chi connectivity index (χ1) is 10.5. The normalized spacial score (nSPS) is 12.0. The van der Waals surface area contributed by atoms with Gasteiger partial charge >= 0.3 is 0 Å². The topological polar surface area (TPSA) is 49.3 Å². The number of nitrogens with one attached hydrogen (secondary N) is 1. The number of hydrogen-bond donors (Lipinski definition) is 2. The molecule has 0 aliphatic carbocycles. The third kappa shape index (κ3) is 3.09. The van der Waals surface area contributed by atoms with Gasteiger partial charge in [-0.15, -0.1) is 0 Å². The fourth-order valence-corrected chi connectivity index (χ4v) is 1.92. The Balaban J connectivity index is 2.33. The monoisotopic (exact) mass is 313 g/mol. The molecule has 116 valence electrons. The van der Waals surface area contributed by atoms with Crippen LogP contribution >= 0.6 is 0 Å². The summed E-state index contributed by atoms with van der Waals surface area (Å²) in [5.41, 5.74) is -0.900. The standard InChI is InChI=1S/C15H11F4NO2/c16-9-6-10(17)14(19)12(13(9)18)15(22)20-11(7-21)8-4-2-1-3-5-8/h1-6,11,21H,7H2,(H,20,22)/t11-/m1/s1. The molecule has 0 saturated heterocycles. The van der Waals surface area contributed by atoms with Crippen molar-refractivity contribution >= 4 is 5.91 Å². The lowest BCUT2D eigenvalue weighted by Gasteiger charge is -2.17. The molecule has 0 spiro atoms. The number of rotatable bonds is 4. The molecule has 0 heterocycles. The van der Waals surface area contributed by atoms with Crippen LogP contribution in [0, 0.1) is 23.3 Å². The third-order valence-electron chi connectivity index (χ3n) is 3.03. The van der Waals surface area contributed by atoms with E-state index in [4.69, 9.17) is 0 Å². The largest absolute Gasteiger partial charge is 0.394 e. The molecule has 0 bridgehead atoms. The zero-order chi connectivity index (χ0) is 16.3. The van der Waals surface area contributed by atoms with E-state index in [0.29, 0.717) is 5.56 Å². The van der Waals surface area contributed by atoms with Crippen LogP contribution in [0.1, 0.15) is 22.0 Å². The highest BCUT2D eigenvalue weighted by Gasteiger charge is 2.26. The first-order valence-corrected chi connectivity index (χ1v) is 6.25. The van der Waals surface area contributed by atoms with Crippen molar-refractivity contribution < 1.29 is 27.5 Å². The minimum Gasteiger partial charge on any atom is -0.394 e. The number of halogens is 4. The molecule has 1 atom stereocenters. The molecule has 0 aliphatic heterocycles. The number of amides is 1. The van der Waals surface area contributed by atoms with Crippen molar-refractivity contribution in [2.75, 3.05) is 6.61 Å². The maximum absolute atomic E-state index is 13.5. The Morgan fingerprint density at radius 3 is 2.09 bits per heavy atom. The molecule has 0 unspecified atom stereocenters. The van der Waals surface area contributed by atoms with E-state index in [2.05, 4.69) is 5.32 Å². The van der Waals surface area contributed by atoms with Crippen LogP contribution in [0.5, 0.6) is 0 Å². The summed E-state index contributed by atoms with van der Waals surface area (Å²) < 4.78 is 53.3. The van der Waals surface area contributed by atoms with Crippen LogP contribution in [-0.4, -0.2) is 17.6 Å². The first kappa shape index (κ1) is 16.0. The fraction of sp³-hybridized carbons (Fsp3) is 0.133. The van der Waals surface area contributed by atoms with E-state index in [1.807, 2.05) is 0 Å². The number of carbonyl (C=O) groups excluding carboxylic acids is 1. The lowest BCUT2D eigenvalue weighted by Crippen LogP contribution is -2.32. The van der Waals surface area contributed by atoms with Crippen LogP contribution < -0.4 is 5.32 Å². The molecule has 2 rings (SSSR count). The average molecular weight is 313 g/mol. The summed E-state index contributed by atoms with van der Waals surface area (Å²) >= 11 is 0. The summed E-state index contributed by atoms with van der Waals surface area (Å²) in [6.07, 6.45) is 0. The van der Waals surface area contributed by atoms with Gasteiger partial charge in [0.05, 0.1) is 12.6 Å². The smallest absolute Gasteiger partial charge is 0.258 e. The van der Waals surface area contributed by atoms with E-state index in [1.165, 1.54) is 0 Å². The van der Waals surface area contributed by atoms with Crippen LogP contribution in [-0.2, 0) is 0 Å². The van der Waals surface area contributed by atoms with Crippen LogP contribution in [0.15, 0.2) is 36.4 Å². The van der Waals surface area contributed by atoms with Crippen molar-refractivity contribution in [3.8, 4) is 0 Å². The summed E-state index contributed by atoms with van der Waals surface area (Å²) in [5, 5.41) is 11.4. The zero-order valence-corrected chi connectivity index (χ0v) is 11.1. The van der Waals surface area contributed by atoms with E-state index in [0.717, 1.165) is 0 Å². The quantitative estimate of drug-likeness (QED) is 0.673. The maximum Gasteiger partial charge on any atom is 0.258 e. The predicted molar refractivity (Wildman–Crippen MR) is 70.0 cm³/mol. The lowest BCUT2D eigenvalue weighted by atomic mass is 10.1. The van der Waals surface area contributed by atoms with Gasteiger partial charge in [-0.2, -0.15) is 0 Å². The molecule has 0 aliphatic rings. The molecular formula is C15H11F4NO2. The van der Waals surface area contributed by atoms with Gasteiger partial charge in [-0.3, -0.25) is 4.79 Å². The van der Waals surface area contributed by atoms with E-state index < -0.39 is 47.4 Å². The average Bonchev–Trinajstić information content (AvgIpc) is 2.52. The van der Waals surface area contributed by atoms with Gasteiger partial charge in [0.2, 0.25) is 0 Å². The predicted octanol–water partition coefficient (Wildman–Crippen LogP) is 2.71. The van der Waals surface area contributed by atoms with Gasteiger partial charge < -0.3 is 10.4 Å². The van der Waals surface area contributed by atoms with E-state index in [-0.39, 0.29) is 6.07 Å². The van der Waals surface area contributed by atoms with E-state index >= 15 is 0 Å². The van der Waals surface area contributed by atoms with Crippen LogP contribution in [0.3, 0.4) is 0 Å². The lowest BCUT2D eigenvalue weighted by molar-refractivity contribution is 0.0905. The number of benzene rings is 2. The molecule has 0 fully saturated rings. The van der Waals surface area contributed by atoms with Crippen LogP contribution in [0.2, 0.25) is 0 Å². The third-order valence-corrected chi connectivity index (χ3v) is 3.03. The highest BCUT2D eigenvalue weighted by molar-refractivity contribution is 5.95. The van der Waals surface area contributed by atoms with Crippen molar-refractivity contribution in [2.45, 2.75) is 6.04 Å². The number of aliphatic hydroxyl groups is 1. The van der Waals surface area contributed by atoms with Gasteiger partial charge in [-0.25, -0.2) is 17.6 Å². The SMILES string of the molecule is O=C(N[C@H](CO)c1ccccc1)c1c(F)c(F)cc(F)c1F. The molecule has 2 N–H and O–H groups in total. The highest BCUT2D eigenvalue weighted by Crippen LogP contribution is 2.20. The Morgan fingerprint density at radius 1 is 1.05 bits per heavy atom. The van der Waals surface area contributed by atoms with E-state index in [1.54, 1.807) is 30.3 Å². The number of aliphatic hydroxyl groups excluding tert-OH is 1. The molecule has 2 aromatic rings. The highest BCUT2D eigenvalue weighted by atomic mass is 19.2. The van der Waals surface area contributed by atoms with Crippen molar-refractivity contribution in [1.29, 1.82) is 0 Å².